The van der Waals surface area contributed by atoms with Gasteiger partial charge in [0.25, 0.3) is 0 Å². The molecule has 1 saturated heterocycles. The van der Waals surface area contributed by atoms with Gasteiger partial charge in [0.15, 0.2) is 0 Å². The maximum Gasteiger partial charge on any atom is 0.0774 e. The molecule has 2 nitrogen and oxygen atoms in total. The Morgan fingerprint density at radius 1 is 1.06 bits per heavy atom. The maximum atomic E-state index is 10.6. The van der Waals surface area contributed by atoms with E-state index in [0.717, 1.165) is 25.3 Å². The molecule has 2 heteroatoms. The van der Waals surface area contributed by atoms with E-state index < -0.39 is 0 Å². The molecule has 0 bridgehead atoms. The van der Waals surface area contributed by atoms with Gasteiger partial charge in [-0.1, -0.05) is 39.0 Å². The summed E-state index contributed by atoms with van der Waals surface area (Å²) in [7, 11) is 0. The van der Waals surface area contributed by atoms with Gasteiger partial charge in [-0.05, 0) is 51.1 Å². The molecule has 1 heterocycles. The van der Waals surface area contributed by atoms with Gasteiger partial charge in [0.05, 0.1) is 5.60 Å². The number of hydrogen-bond donors (Lipinski definition) is 1. The van der Waals surface area contributed by atoms with Gasteiger partial charge in [-0.3, -0.25) is 0 Å². The molecule has 2 aliphatic rings. The molecule has 1 aliphatic heterocycles. The highest BCUT2D eigenvalue weighted by molar-refractivity contribution is 4.86. The summed E-state index contributed by atoms with van der Waals surface area (Å²) >= 11 is 0. The van der Waals surface area contributed by atoms with Gasteiger partial charge >= 0.3 is 0 Å². The van der Waals surface area contributed by atoms with Crippen LogP contribution < -0.4 is 0 Å². The fourth-order valence-electron chi connectivity index (χ4n) is 3.86. The van der Waals surface area contributed by atoms with Crippen LogP contribution >= 0.6 is 0 Å². The third-order valence-electron chi connectivity index (χ3n) is 4.94. The third kappa shape index (κ3) is 4.24. The van der Waals surface area contributed by atoms with Crippen LogP contribution in [0.25, 0.3) is 0 Å². The van der Waals surface area contributed by atoms with E-state index in [0.29, 0.717) is 0 Å². The summed E-state index contributed by atoms with van der Waals surface area (Å²) in [4.78, 5) is 2.54. The monoisotopic (exact) mass is 253 g/mol. The fourth-order valence-corrected chi connectivity index (χ4v) is 3.86. The van der Waals surface area contributed by atoms with Gasteiger partial charge in [-0.25, -0.2) is 0 Å². The van der Waals surface area contributed by atoms with E-state index in [9.17, 15) is 5.11 Å². The molecule has 0 spiro atoms. The predicted molar refractivity (Wildman–Crippen MR) is 76.7 cm³/mol. The zero-order chi connectivity index (χ0) is 12.8. The minimum Gasteiger partial charge on any atom is -0.389 e. The molecule has 1 saturated carbocycles. The molecule has 1 unspecified atom stereocenters. The van der Waals surface area contributed by atoms with Crippen molar-refractivity contribution >= 4 is 0 Å². The molecular formula is C16H31NO. The molecular weight excluding hydrogens is 222 g/mol. The van der Waals surface area contributed by atoms with Gasteiger partial charge in [-0.2, -0.15) is 0 Å². The number of likely N-dealkylation sites (tertiary alicyclic amines) is 1. The summed E-state index contributed by atoms with van der Waals surface area (Å²) in [6.45, 7) is 5.66. The van der Waals surface area contributed by atoms with Gasteiger partial charge in [-0.15, -0.1) is 0 Å². The first kappa shape index (κ1) is 14.3. The van der Waals surface area contributed by atoms with Crippen LogP contribution in [0.1, 0.15) is 71.1 Å². The Morgan fingerprint density at radius 3 is 2.56 bits per heavy atom. The highest BCUT2D eigenvalue weighted by Crippen LogP contribution is 2.30. The number of aliphatic hydroxyl groups is 1. The quantitative estimate of drug-likeness (QED) is 0.827. The zero-order valence-electron chi connectivity index (χ0n) is 12.2. The van der Waals surface area contributed by atoms with Crippen molar-refractivity contribution in [2.75, 3.05) is 19.6 Å². The van der Waals surface area contributed by atoms with Gasteiger partial charge in [0, 0.05) is 6.54 Å². The lowest BCUT2D eigenvalue weighted by Gasteiger charge is -2.36. The highest BCUT2D eigenvalue weighted by Gasteiger charge is 2.31. The topological polar surface area (TPSA) is 23.5 Å². The van der Waals surface area contributed by atoms with Crippen LogP contribution in [0.4, 0.5) is 0 Å². The van der Waals surface area contributed by atoms with E-state index >= 15 is 0 Å². The van der Waals surface area contributed by atoms with E-state index in [1.807, 2.05) is 0 Å². The molecule has 0 amide bonds. The van der Waals surface area contributed by atoms with Gasteiger partial charge < -0.3 is 10.0 Å². The number of hydrogen-bond acceptors (Lipinski definition) is 2. The fraction of sp³-hybridized carbons (Fsp3) is 1.00. The second-order valence-corrected chi connectivity index (χ2v) is 6.65. The van der Waals surface area contributed by atoms with Crippen LogP contribution in [-0.4, -0.2) is 35.2 Å². The minimum atomic E-state index is -0.358. The SMILES string of the molecule is CCCC1CCCN(CC2(O)CCCCC2)CC1. The second-order valence-electron chi connectivity index (χ2n) is 6.65. The average Bonchev–Trinajstić information content (AvgIpc) is 2.56. The van der Waals surface area contributed by atoms with Crippen molar-refractivity contribution in [1.82, 2.24) is 4.90 Å². The van der Waals surface area contributed by atoms with Gasteiger partial charge in [0.2, 0.25) is 0 Å². The molecule has 1 atom stereocenters. The van der Waals surface area contributed by atoms with Gasteiger partial charge in [0.1, 0.15) is 0 Å². The summed E-state index contributed by atoms with van der Waals surface area (Å²) in [5.74, 6) is 0.945. The summed E-state index contributed by atoms with van der Waals surface area (Å²) in [6, 6.07) is 0. The van der Waals surface area contributed by atoms with Crippen LogP contribution in [0.3, 0.4) is 0 Å². The first-order valence-corrected chi connectivity index (χ1v) is 8.16. The summed E-state index contributed by atoms with van der Waals surface area (Å²) < 4.78 is 0. The smallest absolute Gasteiger partial charge is 0.0774 e. The number of β-amino-alcohol motifs (C(OH)–C–C–N with tert-alkyl or cyclic N) is 1. The molecule has 0 radical (unpaired) electrons. The second kappa shape index (κ2) is 6.91. The predicted octanol–water partition coefficient (Wildman–Crippen LogP) is 3.58. The van der Waals surface area contributed by atoms with Crippen molar-refractivity contribution in [2.45, 2.75) is 76.7 Å². The molecule has 2 rings (SSSR count). The normalized spacial score (nSPS) is 30.0. The number of nitrogens with zero attached hydrogens (tertiary/aromatic N) is 1. The van der Waals surface area contributed by atoms with Crippen LogP contribution in [0.15, 0.2) is 0 Å². The van der Waals surface area contributed by atoms with Crippen LogP contribution in [0, 0.1) is 5.92 Å². The Balaban J connectivity index is 1.79. The summed E-state index contributed by atoms with van der Waals surface area (Å²) in [6.07, 6.45) is 12.6. The van der Waals surface area contributed by atoms with Crippen molar-refractivity contribution in [3.63, 3.8) is 0 Å². The van der Waals surface area contributed by atoms with Crippen molar-refractivity contribution in [3.05, 3.63) is 0 Å². The largest absolute Gasteiger partial charge is 0.389 e. The molecule has 18 heavy (non-hydrogen) atoms. The Labute approximate surface area is 113 Å². The highest BCUT2D eigenvalue weighted by atomic mass is 16.3. The molecule has 0 aromatic carbocycles. The van der Waals surface area contributed by atoms with Crippen molar-refractivity contribution in [1.29, 1.82) is 0 Å². The lowest BCUT2D eigenvalue weighted by molar-refractivity contribution is -0.0257. The van der Waals surface area contributed by atoms with Crippen LogP contribution in [-0.2, 0) is 0 Å². The maximum absolute atomic E-state index is 10.6. The summed E-state index contributed by atoms with van der Waals surface area (Å²) in [5, 5.41) is 10.6. The Hall–Kier alpha value is -0.0800. The van der Waals surface area contributed by atoms with Crippen molar-refractivity contribution in [3.8, 4) is 0 Å². The lowest BCUT2D eigenvalue weighted by Crippen LogP contribution is -2.44. The molecule has 106 valence electrons. The third-order valence-corrected chi connectivity index (χ3v) is 4.94. The minimum absolute atomic E-state index is 0.358. The van der Waals surface area contributed by atoms with E-state index in [-0.39, 0.29) is 5.60 Å². The molecule has 1 aliphatic carbocycles. The Kier molecular flexibility index (Phi) is 5.50. The Bertz CT molecular complexity index is 235. The number of rotatable bonds is 4. The first-order chi connectivity index (χ1) is 8.72. The molecule has 2 fully saturated rings. The molecule has 1 N–H and O–H groups in total. The van der Waals surface area contributed by atoms with Crippen LogP contribution in [0.2, 0.25) is 0 Å². The lowest BCUT2D eigenvalue weighted by atomic mass is 9.84. The standard InChI is InChI=1S/C16H31NO/c1-2-7-15-8-6-12-17(13-9-15)14-16(18)10-4-3-5-11-16/h15,18H,2-14H2,1H3. The van der Waals surface area contributed by atoms with Crippen molar-refractivity contribution in [2.24, 2.45) is 5.92 Å². The Morgan fingerprint density at radius 2 is 1.83 bits per heavy atom. The van der Waals surface area contributed by atoms with E-state index in [4.69, 9.17) is 0 Å². The molecule has 0 aromatic rings. The van der Waals surface area contributed by atoms with Crippen LogP contribution in [0.5, 0.6) is 0 Å². The van der Waals surface area contributed by atoms with E-state index in [1.165, 1.54) is 64.5 Å². The first-order valence-electron chi connectivity index (χ1n) is 8.16. The summed E-state index contributed by atoms with van der Waals surface area (Å²) in [5.41, 5.74) is -0.358. The van der Waals surface area contributed by atoms with E-state index in [1.54, 1.807) is 0 Å². The average molecular weight is 253 g/mol. The molecule has 0 aromatic heterocycles. The van der Waals surface area contributed by atoms with E-state index in [2.05, 4.69) is 11.8 Å². The zero-order valence-corrected chi connectivity index (χ0v) is 12.2. The van der Waals surface area contributed by atoms with Crippen molar-refractivity contribution < 1.29 is 5.11 Å².